The number of benzene rings is 2. The third kappa shape index (κ3) is 3.36. The molecule has 26 heavy (non-hydrogen) atoms. The number of amides is 2. The molecule has 0 bridgehead atoms. The normalized spacial score (nSPS) is 19.9. The van der Waals surface area contributed by atoms with Gasteiger partial charge in [0.15, 0.2) is 0 Å². The molecule has 0 saturated carbocycles. The Kier molecular flexibility index (Phi) is 5.12. The molecule has 0 radical (unpaired) electrons. The molecule has 0 aromatic heterocycles. The van der Waals surface area contributed by atoms with Crippen LogP contribution in [0.1, 0.15) is 47.7 Å². The van der Waals surface area contributed by atoms with Crippen molar-refractivity contribution in [2.75, 3.05) is 11.9 Å². The van der Waals surface area contributed by atoms with Crippen LogP contribution in [-0.2, 0) is 4.79 Å². The van der Waals surface area contributed by atoms with Crippen molar-refractivity contribution in [3.05, 3.63) is 65.2 Å². The van der Waals surface area contributed by atoms with Gasteiger partial charge >= 0.3 is 0 Å². The highest BCUT2D eigenvalue weighted by Crippen LogP contribution is 2.31. The van der Waals surface area contributed by atoms with Gasteiger partial charge in [-0.3, -0.25) is 9.59 Å². The Bertz CT molecular complexity index is 816. The van der Waals surface area contributed by atoms with E-state index in [0.717, 1.165) is 29.7 Å². The summed E-state index contributed by atoms with van der Waals surface area (Å²) in [6.07, 6.45) is 2.53. The lowest BCUT2D eigenvalue weighted by Crippen LogP contribution is -2.59. The second-order valence-electron chi connectivity index (χ2n) is 7.26. The van der Waals surface area contributed by atoms with Crippen LogP contribution >= 0.6 is 0 Å². The Morgan fingerprint density at radius 1 is 1.00 bits per heavy atom. The van der Waals surface area contributed by atoms with Crippen molar-refractivity contribution >= 4 is 17.5 Å². The highest BCUT2D eigenvalue weighted by molar-refractivity contribution is 6.04. The number of nitrogens with zero attached hydrogens (tertiary/aromatic N) is 1. The Hall–Kier alpha value is -2.62. The van der Waals surface area contributed by atoms with Crippen LogP contribution in [0.2, 0.25) is 0 Å². The van der Waals surface area contributed by atoms with E-state index >= 15 is 0 Å². The topological polar surface area (TPSA) is 49.4 Å². The number of anilines is 1. The first kappa shape index (κ1) is 18.2. The zero-order valence-corrected chi connectivity index (χ0v) is 15.7. The number of hydrogen-bond donors (Lipinski definition) is 1. The van der Waals surface area contributed by atoms with Gasteiger partial charge in [-0.1, -0.05) is 30.3 Å². The number of rotatable bonds is 3. The lowest BCUT2D eigenvalue weighted by molar-refractivity contribution is -0.127. The van der Waals surface area contributed by atoms with E-state index in [9.17, 15) is 9.59 Å². The fourth-order valence-corrected chi connectivity index (χ4v) is 3.56. The van der Waals surface area contributed by atoms with Crippen LogP contribution < -0.4 is 5.32 Å². The smallest absolute Gasteiger partial charge is 0.254 e. The minimum absolute atomic E-state index is 0.0797. The predicted molar refractivity (Wildman–Crippen MR) is 104 cm³/mol. The maximum atomic E-state index is 13.2. The van der Waals surface area contributed by atoms with E-state index in [4.69, 9.17) is 0 Å². The Morgan fingerprint density at radius 2 is 1.73 bits per heavy atom. The van der Waals surface area contributed by atoms with Gasteiger partial charge in [0.2, 0.25) is 5.91 Å². The van der Waals surface area contributed by atoms with E-state index in [1.165, 1.54) is 0 Å². The summed E-state index contributed by atoms with van der Waals surface area (Å²) in [7, 11) is 0. The summed E-state index contributed by atoms with van der Waals surface area (Å²) in [6.45, 7) is 6.51. The zero-order valence-electron chi connectivity index (χ0n) is 15.7. The van der Waals surface area contributed by atoms with Crippen LogP contribution in [0.25, 0.3) is 0 Å². The molecule has 0 aliphatic carbocycles. The standard InChI is InChI=1S/C22H26N2O2/c1-16-10-9-13-19(17(16)2)23-21(26)22(3)14-7-8-15-24(22)20(25)18-11-5-4-6-12-18/h4-6,9-13H,7-8,14-15H2,1-3H3,(H,23,26). The molecular formula is C22H26N2O2. The molecule has 1 heterocycles. The van der Waals surface area contributed by atoms with Crippen molar-refractivity contribution in [3.8, 4) is 0 Å². The number of hydrogen-bond acceptors (Lipinski definition) is 2. The molecule has 1 saturated heterocycles. The average molecular weight is 350 g/mol. The molecule has 1 fully saturated rings. The van der Waals surface area contributed by atoms with E-state index < -0.39 is 5.54 Å². The Balaban J connectivity index is 1.88. The summed E-state index contributed by atoms with van der Waals surface area (Å²) in [5.41, 5.74) is 2.78. The lowest BCUT2D eigenvalue weighted by Gasteiger charge is -2.43. The Morgan fingerprint density at radius 3 is 2.46 bits per heavy atom. The number of nitrogens with one attached hydrogen (secondary N) is 1. The maximum Gasteiger partial charge on any atom is 0.254 e. The first-order chi connectivity index (χ1) is 12.4. The third-order valence-electron chi connectivity index (χ3n) is 5.50. The first-order valence-corrected chi connectivity index (χ1v) is 9.18. The molecule has 4 heteroatoms. The van der Waals surface area contributed by atoms with Crippen molar-refractivity contribution in [3.63, 3.8) is 0 Å². The fraction of sp³-hybridized carbons (Fsp3) is 0.364. The van der Waals surface area contributed by atoms with Gasteiger partial charge in [0.05, 0.1) is 0 Å². The summed E-state index contributed by atoms with van der Waals surface area (Å²) < 4.78 is 0. The summed E-state index contributed by atoms with van der Waals surface area (Å²) in [5.74, 6) is -0.195. The van der Waals surface area contributed by atoms with Crippen LogP contribution in [0.3, 0.4) is 0 Å². The largest absolute Gasteiger partial charge is 0.324 e. The molecule has 2 aromatic carbocycles. The SMILES string of the molecule is Cc1cccc(NC(=O)C2(C)CCCCN2C(=O)c2ccccc2)c1C. The molecule has 0 spiro atoms. The van der Waals surface area contributed by atoms with Gasteiger partial charge in [0.25, 0.3) is 5.91 Å². The van der Waals surface area contributed by atoms with Crippen molar-refractivity contribution < 1.29 is 9.59 Å². The van der Waals surface area contributed by atoms with Crippen LogP contribution in [0.5, 0.6) is 0 Å². The van der Waals surface area contributed by atoms with Gasteiger partial charge < -0.3 is 10.2 Å². The monoisotopic (exact) mass is 350 g/mol. The highest BCUT2D eigenvalue weighted by Gasteiger charge is 2.44. The lowest BCUT2D eigenvalue weighted by atomic mass is 9.86. The molecule has 136 valence electrons. The maximum absolute atomic E-state index is 13.2. The van der Waals surface area contributed by atoms with E-state index in [2.05, 4.69) is 5.32 Å². The van der Waals surface area contributed by atoms with Gasteiger partial charge in [-0.25, -0.2) is 0 Å². The zero-order chi connectivity index (χ0) is 18.7. The minimum atomic E-state index is -0.846. The van der Waals surface area contributed by atoms with E-state index in [-0.39, 0.29) is 11.8 Å². The molecule has 1 N–H and O–H groups in total. The van der Waals surface area contributed by atoms with Crippen molar-refractivity contribution in [2.24, 2.45) is 0 Å². The molecule has 2 aromatic rings. The number of carbonyl (C=O) groups is 2. The molecule has 4 nitrogen and oxygen atoms in total. The Labute approximate surface area is 155 Å². The first-order valence-electron chi connectivity index (χ1n) is 9.18. The quantitative estimate of drug-likeness (QED) is 0.896. The van der Waals surface area contributed by atoms with Crippen molar-refractivity contribution in [1.29, 1.82) is 0 Å². The highest BCUT2D eigenvalue weighted by atomic mass is 16.2. The molecule has 1 atom stereocenters. The van der Waals surface area contributed by atoms with Gasteiger partial charge in [-0.05, 0) is 69.4 Å². The molecule has 1 aliphatic heterocycles. The molecule has 1 unspecified atom stereocenters. The molecular weight excluding hydrogens is 324 g/mol. The van der Waals surface area contributed by atoms with E-state index in [1.807, 2.05) is 57.2 Å². The minimum Gasteiger partial charge on any atom is -0.324 e. The number of likely N-dealkylation sites (tertiary alicyclic amines) is 1. The third-order valence-corrected chi connectivity index (χ3v) is 5.50. The second-order valence-corrected chi connectivity index (χ2v) is 7.26. The summed E-state index contributed by atoms with van der Waals surface area (Å²) >= 11 is 0. The average Bonchev–Trinajstić information content (AvgIpc) is 2.66. The summed E-state index contributed by atoms with van der Waals surface area (Å²) in [6, 6.07) is 15.1. The number of piperidine rings is 1. The fourth-order valence-electron chi connectivity index (χ4n) is 3.56. The molecule has 1 aliphatic rings. The van der Waals surface area contributed by atoms with Crippen LogP contribution in [0.15, 0.2) is 48.5 Å². The predicted octanol–water partition coefficient (Wildman–Crippen LogP) is 4.33. The van der Waals surface area contributed by atoms with Gasteiger partial charge in [-0.2, -0.15) is 0 Å². The van der Waals surface area contributed by atoms with E-state index in [1.54, 1.807) is 17.0 Å². The van der Waals surface area contributed by atoms with Gasteiger partial charge in [0, 0.05) is 17.8 Å². The van der Waals surface area contributed by atoms with Crippen LogP contribution in [-0.4, -0.2) is 28.8 Å². The van der Waals surface area contributed by atoms with Crippen molar-refractivity contribution in [2.45, 2.75) is 45.6 Å². The number of carbonyl (C=O) groups excluding carboxylic acids is 2. The van der Waals surface area contributed by atoms with E-state index in [0.29, 0.717) is 18.5 Å². The van der Waals surface area contributed by atoms with Gasteiger partial charge in [0.1, 0.15) is 5.54 Å². The van der Waals surface area contributed by atoms with Gasteiger partial charge in [-0.15, -0.1) is 0 Å². The van der Waals surface area contributed by atoms with Crippen LogP contribution in [0.4, 0.5) is 5.69 Å². The second kappa shape index (κ2) is 7.32. The van der Waals surface area contributed by atoms with Crippen molar-refractivity contribution in [1.82, 2.24) is 4.90 Å². The summed E-state index contributed by atoms with van der Waals surface area (Å²) in [5, 5.41) is 3.06. The molecule has 2 amide bonds. The van der Waals surface area contributed by atoms with Crippen LogP contribution in [0, 0.1) is 13.8 Å². The summed E-state index contributed by atoms with van der Waals surface area (Å²) in [4.78, 5) is 28.0. The molecule has 3 rings (SSSR count). The number of aryl methyl sites for hydroxylation is 1.